The van der Waals surface area contributed by atoms with E-state index < -0.39 is 5.82 Å². The van der Waals surface area contributed by atoms with E-state index in [1.54, 1.807) is 37.3 Å². The largest absolute Gasteiger partial charge is 0.324 e. The zero-order chi connectivity index (χ0) is 22.3. The number of benzene rings is 2. The maximum absolute atomic E-state index is 13.9. The van der Waals surface area contributed by atoms with Gasteiger partial charge in [-0.1, -0.05) is 23.7 Å². The number of fused-ring (bicyclic) bond motifs is 1. The second-order valence-corrected chi connectivity index (χ2v) is 7.80. The van der Waals surface area contributed by atoms with E-state index in [1.807, 2.05) is 13.8 Å². The zero-order valence-corrected chi connectivity index (χ0v) is 18.0. The highest BCUT2D eigenvalue weighted by Gasteiger charge is 2.19. The normalized spacial score (nSPS) is 11.1. The third kappa shape index (κ3) is 3.84. The number of pyridine rings is 1. The Labute approximate surface area is 182 Å². The van der Waals surface area contributed by atoms with Crippen LogP contribution in [0.2, 0.25) is 5.02 Å². The molecule has 8 heteroatoms. The van der Waals surface area contributed by atoms with Crippen LogP contribution in [0.25, 0.3) is 16.7 Å². The number of nitrogens with one attached hydrogen (secondary N) is 1. The molecule has 0 unspecified atom stereocenters. The summed E-state index contributed by atoms with van der Waals surface area (Å²) >= 11 is 6.13. The van der Waals surface area contributed by atoms with Gasteiger partial charge in [-0.25, -0.2) is 9.07 Å². The number of anilines is 1. The molecule has 1 amide bonds. The fraction of sp³-hybridized carbons (Fsp3) is 0.174. The number of hydrogen-bond acceptors (Lipinski definition) is 3. The van der Waals surface area contributed by atoms with Crippen molar-refractivity contribution in [3.8, 4) is 5.69 Å². The van der Waals surface area contributed by atoms with E-state index in [9.17, 15) is 14.0 Å². The molecule has 0 saturated carbocycles. The summed E-state index contributed by atoms with van der Waals surface area (Å²) in [5, 5.41) is 8.61. The number of aromatic nitrogens is 3. The van der Waals surface area contributed by atoms with E-state index in [-0.39, 0.29) is 18.0 Å². The van der Waals surface area contributed by atoms with Crippen LogP contribution in [0.15, 0.2) is 53.3 Å². The van der Waals surface area contributed by atoms with Gasteiger partial charge in [0.25, 0.3) is 5.56 Å². The van der Waals surface area contributed by atoms with Crippen LogP contribution in [-0.4, -0.2) is 20.3 Å². The fourth-order valence-electron chi connectivity index (χ4n) is 3.68. The molecule has 2 aromatic carbocycles. The molecule has 0 saturated heterocycles. The summed E-state index contributed by atoms with van der Waals surface area (Å²) in [5.41, 5.74) is 3.27. The predicted octanol–water partition coefficient (Wildman–Crippen LogP) is 4.54. The number of halogens is 2. The molecule has 158 valence electrons. The molecule has 0 radical (unpaired) electrons. The molecule has 0 aliphatic rings. The standard InChI is InChI=1S/C23H20ClFN4O2/c1-13-10-21(31)28(12-20(30)26-19-9-5-8-18(24)14(19)2)23-22(13)15(3)27-29(23)17-7-4-6-16(25)11-17/h4-11H,12H2,1-3H3,(H,26,30). The molecule has 1 N–H and O–H groups in total. The Balaban J connectivity index is 1.83. The highest BCUT2D eigenvalue weighted by atomic mass is 35.5. The summed E-state index contributed by atoms with van der Waals surface area (Å²) < 4.78 is 16.7. The molecule has 0 bridgehead atoms. The van der Waals surface area contributed by atoms with Crippen LogP contribution >= 0.6 is 11.6 Å². The topological polar surface area (TPSA) is 68.9 Å². The van der Waals surface area contributed by atoms with E-state index >= 15 is 0 Å². The number of carbonyl (C=O) groups is 1. The lowest BCUT2D eigenvalue weighted by atomic mass is 10.1. The lowest BCUT2D eigenvalue weighted by Crippen LogP contribution is -2.29. The monoisotopic (exact) mass is 438 g/mol. The quantitative estimate of drug-likeness (QED) is 0.508. The Morgan fingerprint density at radius 3 is 2.61 bits per heavy atom. The summed E-state index contributed by atoms with van der Waals surface area (Å²) in [7, 11) is 0. The first kappa shape index (κ1) is 20.8. The smallest absolute Gasteiger partial charge is 0.252 e. The number of carbonyl (C=O) groups excluding carboxylic acids is 1. The predicted molar refractivity (Wildman–Crippen MR) is 120 cm³/mol. The van der Waals surface area contributed by atoms with Gasteiger partial charge in [0.2, 0.25) is 5.91 Å². The number of amides is 1. The van der Waals surface area contributed by atoms with Crippen molar-refractivity contribution >= 4 is 34.2 Å². The molecule has 2 heterocycles. The molecule has 0 aliphatic heterocycles. The first-order valence-electron chi connectivity index (χ1n) is 9.67. The SMILES string of the molecule is Cc1c(Cl)cccc1NC(=O)Cn1c(=O)cc(C)c2c(C)nn(-c3cccc(F)c3)c21. The molecule has 4 rings (SSSR count). The highest BCUT2D eigenvalue weighted by molar-refractivity contribution is 6.31. The van der Waals surface area contributed by atoms with Gasteiger partial charge in [0.1, 0.15) is 18.0 Å². The Morgan fingerprint density at radius 2 is 1.87 bits per heavy atom. The van der Waals surface area contributed by atoms with E-state index in [0.29, 0.717) is 27.7 Å². The van der Waals surface area contributed by atoms with Crippen LogP contribution in [0.4, 0.5) is 10.1 Å². The van der Waals surface area contributed by atoms with Gasteiger partial charge in [-0.05, 0) is 62.2 Å². The van der Waals surface area contributed by atoms with Crippen molar-refractivity contribution in [2.45, 2.75) is 27.3 Å². The average Bonchev–Trinajstić information content (AvgIpc) is 3.06. The molecular weight excluding hydrogens is 419 g/mol. The van der Waals surface area contributed by atoms with Crippen molar-refractivity contribution in [1.29, 1.82) is 0 Å². The van der Waals surface area contributed by atoms with Gasteiger partial charge >= 0.3 is 0 Å². The van der Waals surface area contributed by atoms with Gasteiger partial charge in [0, 0.05) is 22.2 Å². The zero-order valence-electron chi connectivity index (χ0n) is 17.2. The van der Waals surface area contributed by atoms with Crippen LogP contribution < -0.4 is 10.9 Å². The van der Waals surface area contributed by atoms with Crippen LogP contribution in [0.5, 0.6) is 0 Å². The third-order valence-electron chi connectivity index (χ3n) is 5.19. The van der Waals surface area contributed by atoms with Crippen molar-refractivity contribution in [3.05, 3.63) is 86.5 Å². The van der Waals surface area contributed by atoms with Crippen molar-refractivity contribution in [2.75, 3.05) is 5.32 Å². The van der Waals surface area contributed by atoms with Gasteiger partial charge in [0.05, 0.1) is 11.4 Å². The van der Waals surface area contributed by atoms with Crippen LogP contribution in [0, 0.1) is 26.6 Å². The molecule has 0 spiro atoms. The van der Waals surface area contributed by atoms with Crippen LogP contribution in [-0.2, 0) is 11.3 Å². The lowest BCUT2D eigenvalue weighted by Gasteiger charge is -2.14. The Morgan fingerprint density at radius 1 is 1.13 bits per heavy atom. The van der Waals surface area contributed by atoms with Crippen molar-refractivity contribution in [1.82, 2.24) is 14.3 Å². The maximum atomic E-state index is 13.9. The van der Waals surface area contributed by atoms with E-state index in [4.69, 9.17) is 11.6 Å². The van der Waals surface area contributed by atoms with Crippen molar-refractivity contribution in [3.63, 3.8) is 0 Å². The van der Waals surface area contributed by atoms with Crippen LogP contribution in [0.3, 0.4) is 0 Å². The van der Waals surface area contributed by atoms with E-state index in [0.717, 1.165) is 16.5 Å². The van der Waals surface area contributed by atoms with Crippen molar-refractivity contribution in [2.24, 2.45) is 0 Å². The van der Waals surface area contributed by atoms with E-state index in [1.165, 1.54) is 27.4 Å². The lowest BCUT2D eigenvalue weighted by molar-refractivity contribution is -0.116. The second-order valence-electron chi connectivity index (χ2n) is 7.39. The van der Waals surface area contributed by atoms with Crippen LogP contribution in [0.1, 0.15) is 16.8 Å². The highest BCUT2D eigenvalue weighted by Crippen LogP contribution is 2.25. The molecule has 4 aromatic rings. The van der Waals surface area contributed by atoms with Gasteiger partial charge in [0.15, 0.2) is 0 Å². The van der Waals surface area contributed by atoms with Gasteiger partial charge < -0.3 is 5.32 Å². The maximum Gasteiger partial charge on any atom is 0.252 e. The number of hydrogen-bond donors (Lipinski definition) is 1. The fourth-order valence-corrected chi connectivity index (χ4v) is 3.86. The first-order chi connectivity index (χ1) is 14.8. The molecule has 2 aromatic heterocycles. The van der Waals surface area contributed by atoms with Gasteiger partial charge in [-0.2, -0.15) is 5.10 Å². The first-order valence-corrected chi connectivity index (χ1v) is 10.0. The average molecular weight is 439 g/mol. The Kier molecular flexibility index (Phi) is 5.37. The third-order valence-corrected chi connectivity index (χ3v) is 5.60. The minimum Gasteiger partial charge on any atom is -0.324 e. The van der Waals surface area contributed by atoms with Crippen molar-refractivity contribution < 1.29 is 9.18 Å². The molecule has 0 aliphatic carbocycles. The minimum atomic E-state index is -0.422. The summed E-state index contributed by atoms with van der Waals surface area (Å²) in [4.78, 5) is 25.7. The second kappa shape index (κ2) is 8.00. The Bertz CT molecular complexity index is 1390. The number of aryl methyl sites for hydroxylation is 2. The summed E-state index contributed by atoms with van der Waals surface area (Å²) in [6.07, 6.45) is 0. The van der Waals surface area contributed by atoms with Gasteiger partial charge in [-0.3, -0.25) is 14.2 Å². The number of nitrogens with zero attached hydrogens (tertiary/aromatic N) is 3. The molecule has 31 heavy (non-hydrogen) atoms. The van der Waals surface area contributed by atoms with Gasteiger partial charge in [-0.15, -0.1) is 0 Å². The summed E-state index contributed by atoms with van der Waals surface area (Å²) in [6, 6.07) is 12.6. The summed E-state index contributed by atoms with van der Waals surface area (Å²) in [6.45, 7) is 5.20. The molecule has 6 nitrogen and oxygen atoms in total. The van der Waals surface area contributed by atoms with E-state index in [2.05, 4.69) is 10.4 Å². The Hall–Kier alpha value is -3.45. The molecule has 0 fully saturated rings. The number of rotatable bonds is 4. The molecular formula is C23H20ClFN4O2. The molecule has 0 atom stereocenters. The minimum absolute atomic E-state index is 0.234. The summed E-state index contributed by atoms with van der Waals surface area (Å²) in [5.74, 6) is -0.809.